The molecule has 0 radical (unpaired) electrons. The molecule has 8 nitrogen and oxygen atoms in total. The number of pyridine rings is 1. The summed E-state index contributed by atoms with van der Waals surface area (Å²) in [6.45, 7) is 1.70. The quantitative estimate of drug-likeness (QED) is 0.627. The number of carboxylic acids is 1. The fraction of sp³-hybridized carbons (Fsp3) is 0.455. The van der Waals surface area contributed by atoms with E-state index in [1.807, 2.05) is 5.01 Å². The summed E-state index contributed by atoms with van der Waals surface area (Å²) in [5.41, 5.74) is 2.11. The normalized spacial score (nSPS) is 16.0. The Morgan fingerprint density at radius 3 is 2.68 bits per heavy atom. The van der Waals surface area contributed by atoms with Gasteiger partial charge >= 0.3 is 11.7 Å². The van der Waals surface area contributed by atoms with Gasteiger partial charge in [-0.1, -0.05) is 6.42 Å². The summed E-state index contributed by atoms with van der Waals surface area (Å²) in [5, 5.41) is 21.6. The van der Waals surface area contributed by atoms with Crippen molar-refractivity contribution < 1.29 is 14.8 Å². The summed E-state index contributed by atoms with van der Waals surface area (Å²) in [7, 11) is 0. The maximum Gasteiger partial charge on any atom is 0.342 e. The largest absolute Gasteiger partial charge is 0.477 e. The number of aromatic nitrogens is 1. The Labute approximate surface area is 109 Å². The summed E-state index contributed by atoms with van der Waals surface area (Å²) in [6.07, 6.45) is 4.26. The van der Waals surface area contributed by atoms with Gasteiger partial charge in [0.25, 0.3) is 0 Å². The Kier molecular flexibility index (Phi) is 3.91. The Balaban J connectivity index is 2.20. The van der Waals surface area contributed by atoms with Crippen LogP contribution in [0.5, 0.6) is 0 Å². The molecule has 1 aliphatic rings. The third kappa shape index (κ3) is 3.16. The number of carboxylic acid groups (broad SMARTS) is 1. The van der Waals surface area contributed by atoms with E-state index in [0.717, 1.165) is 32.1 Å². The van der Waals surface area contributed by atoms with E-state index in [4.69, 9.17) is 5.11 Å². The number of hydrogen-bond donors (Lipinski definition) is 2. The molecule has 2 N–H and O–H groups in total. The number of hydrazine groups is 1. The van der Waals surface area contributed by atoms with E-state index in [-0.39, 0.29) is 5.56 Å². The SMILES string of the molecule is O=C(O)c1cc(NN2CCCCC2)ncc1[N+](=O)[O-]. The van der Waals surface area contributed by atoms with E-state index in [0.29, 0.717) is 5.82 Å². The van der Waals surface area contributed by atoms with Crippen molar-refractivity contribution >= 4 is 17.5 Å². The number of aromatic carboxylic acids is 1. The van der Waals surface area contributed by atoms with Crippen LogP contribution in [-0.2, 0) is 0 Å². The summed E-state index contributed by atoms with van der Waals surface area (Å²) in [5.74, 6) is -1.03. The van der Waals surface area contributed by atoms with E-state index >= 15 is 0 Å². The average Bonchev–Trinajstić information content (AvgIpc) is 2.39. The van der Waals surface area contributed by atoms with Crippen LogP contribution in [0.1, 0.15) is 29.6 Å². The van der Waals surface area contributed by atoms with Gasteiger partial charge in [0, 0.05) is 19.2 Å². The molecule has 19 heavy (non-hydrogen) atoms. The van der Waals surface area contributed by atoms with Gasteiger partial charge in [-0.25, -0.2) is 14.8 Å². The van der Waals surface area contributed by atoms with E-state index in [1.165, 1.54) is 12.5 Å². The molecule has 2 rings (SSSR count). The Bertz CT molecular complexity index is 499. The molecule has 0 bridgehead atoms. The van der Waals surface area contributed by atoms with Gasteiger partial charge in [0.05, 0.1) is 4.92 Å². The lowest BCUT2D eigenvalue weighted by Crippen LogP contribution is -2.35. The van der Waals surface area contributed by atoms with E-state index in [1.54, 1.807) is 0 Å². The van der Waals surface area contributed by atoms with Gasteiger partial charge < -0.3 is 10.5 Å². The van der Waals surface area contributed by atoms with Crippen molar-refractivity contribution in [3.8, 4) is 0 Å². The number of hydrogen-bond acceptors (Lipinski definition) is 6. The highest BCUT2D eigenvalue weighted by molar-refractivity contribution is 5.93. The van der Waals surface area contributed by atoms with Crippen molar-refractivity contribution in [3.63, 3.8) is 0 Å². The van der Waals surface area contributed by atoms with Crippen LogP contribution < -0.4 is 5.43 Å². The minimum atomic E-state index is -1.34. The molecule has 102 valence electrons. The number of carbonyl (C=O) groups is 1. The van der Waals surface area contributed by atoms with Crippen LogP contribution in [0.4, 0.5) is 11.5 Å². The lowest BCUT2D eigenvalue weighted by molar-refractivity contribution is -0.385. The molecule has 0 saturated carbocycles. The lowest BCUT2D eigenvalue weighted by atomic mass is 10.2. The first-order valence-corrected chi connectivity index (χ1v) is 5.97. The summed E-state index contributed by atoms with van der Waals surface area (Å²) >= 11 is 0. The maximum absolute atomic E-state index is 11.0. The van der Waals surface area contributed by atoms with Crippen molar-refractivity contribution in [1.82, 2.24) is 9.99 Å². The fourth-order valence-electron chi connectivity index (χ4n) is 1.99. The first kappa shape index (κ1) is 13.2. The number of nitrogens with one attached hydrogen (secondary N) is 1. The predicted octanol–water partition coefficient (Wildman–Crippen LogP) is 1.50. The summed E-state index contributed by atoms with van der Waals surface area (Å²) < 4.78 is 0. The van der Waals surface area contributed by atoms with E-state index in [2.05, 4.69) is 10.4 Å². The summed E-state index contributed by atoms with van der Waals surface area (Å²) in [4.78, 5) is 24.8. The molecule has 0 spiro atoms. The molecule has 0 unspecified atom stereocenters. The number of anilines is 1. The topological polar surface area (TPSA) is 109 Å². The van der Waals surface area contributed by atoms with Gasteiger partial charge in [-0.05, 0) is 12.8 Å². The van der Waals surface area contributed by atoms with Crippen molar-refractivity contribution in [2.24, 2.45) is 0 Å². The third-order valence-electron chi connectivity index (χ3n) is 2.94. The predicted molar refractivity (Wildman–Crippen MR) is 66.9 cm³/mol. The average molecular weight is 266 g/mol. The zero-order valence-corrected chi connectivity index (χ0v) is 10.2. The molecular weight excluding hydrogens is 252 g/mol. The van der Waals surface area contributed by atoms with Crippen LogP contribution in [0.25, 0.3) is 0 Å². The first-order chi connectivity index (χ1) is 9.08. The van der Waals surface area contributed by atoms with Crippen molar-refractivity contribution in [2.75, 3.05) is 18.5 Å². The number of nitrogens with zero attached hydrogens (tertiary/aromatic N) is 3. The highest BCUT2D eigenvalue weighted by Gasteiger charge is 2.21. The van der Waals surface area contributed by atoms with Crippen LogP contribution in [0.15, 0.2) is 12.3 Å². The molecule has 1 saturated heterocycles. The highest BCUT2D eigenvalue weighted by atomic mass is 16.6. The second-order valence-corrected chi connectivity index (χ2v) is 4.31. The van der Waals surface area contributed by atoms with Gasteiger partial charge in [0.1, 0.15) is 17.6 Å². The van der Waals surface area contributed by atoms with E-state index < -0.39 is 16.6 Å². The minimum Gasteiger partial charge on any atom is -0.477 e. The molecule has 1 aromatic rings. The van der Waals surface area contributed by atoms with Crippen LogP contribution in [0.2, 0.25) is 0 Å². The molecule has 0 atom stereocenters. The Morgan fingerprint density at radius 2 is 2.11 bits per heavy atom. The number of rotatable bonds is 4. The fourth-order valence-corrected chi connectivity index (χ4v) is 1.99. The number of piperidine rings is 1. The zero-order valence-electron chi connectivity index (χ0n) is 10.2. The van der Waals surface area contributed by atoms with Crippen molar-refractivity contribution in [2.45, 2.75) is 19.3 Å². The van der Waals surface area contributed by atoms with Crippen molar-refractivity contribution in [3.05, 3.63) is 27.9 Å². The second kappa shape index (κ2) is 5.61. The summed E-state index contributed by atoms with van der Waals surface area (Å²) in [6, 6.07) is 1.19. The minimum absolute atomic E-state index is 0.310. The molecule has 0 aliphatic carbocycles. The molecular formula is C11H14N4O4. The van der Waals surface area contributed by atoms with Crippen LogP contribution in [0.3, 0.4) is 0 Å². The van der Waals surface area contributed by atoms with Gasteiger partial charge in [-0.15, -0.1) is 0 Å². The first-order valence-electron chi connectivity index (χ1n) is 5.97. The molecule has 1 aliphatic heterocycles. The van der Waals surface area contributed by atoms with Gasteiger partial charge in [0.15, 0.2) is 0 Å². The second-order valence-electron chi connectivity index (χ2n) is 4.31. The van der Waals surface area contributed by atoms with Crippen LogP contribution in [-0.4, -0.2) is 39.1 Å². The van der Waals surface area contributed by atoms with Gasteiger partial charge in [0.2, 0.25) is 0 Å². The third-order valence-corrected chi connectivity index (χ3v) is 2.94. The van der Waals surface area contributed by atoms with Gasteiger partial charge in [-0.2, -0.15) is 0 Å². The molecule has 2 heterocycles. The lowest BCUT2D eigenvalue weighted by Gasteiger charge is -2.27. The van der Waals surface area contributed by atoms with Crippen molar-refractivity contribution in [1.29, 1.82) is 0 Å². The van der Waals surface area contributed by atoms with Gasteiger partial charge in [-0.3, -0.25) is 10.1 Å². The number of nitro groups is 1. The van der Waals surface area contributed by atoms with Crippen LogP contribution >= 0.6 is 0 Å². The van der Waals surface area contributed by atoms with Crippen LogP contribution in [0, 0.1) is 10.1 Å². The zero-order chi connectivity index (χ0) is 13.8. The van der Waals surface area contributed by atoms with E-state index in [9.17, 15) is 14.9 Å². The molecule has 1 fully saturated rings. The molecule has 0 amide bonds. The monoisotopic (exact) mass is 266 g/mol. The smallest absolute Gasteiger partial charge is 0.342 e. The molecule has 0 aromatic carbocycles. The Hall–Kier alpha value is -2.22. The molecule has 8 heteroatoms. The standard InChI is InChI=1S/C11H14N4O4/c16-11(17)8-6-10(12-7-9(8)15(18)19)13-14-4-2-1-3-5-14/h6-7H,1-5H2,(H,12,13)(H,16,17). The highest BCUT2D eigenvalue weighted by Crippen LogP contribution is 2.21. The maximum atomic E-state index is 11.0. The molecule has 1 aromatic heterocycles. The Morgan fingerprint density at radius 1 is 1.42 bits per heavy atom.